The van der Waals surface area contributed by atoms with E-state index in [0.29, 0.717) is 18.5 Å². The first kappa shape index (κ1) is 12.5. The Morgan fingerprint density at radius 2 is 2.42 bits per heavy atom. The summed E-state index contributed by atoms with van der Waals surface area (Å²) in [5.74, 6) is 0.499. The Kier molecular flexibility index (Phi) is 3.68. The molecule has 2 aliphatic rings. The van der Waals surface area contributed by atoms with E-state index < -0.39 is 0 Å². The molecule has 1 saturated carbocycles. The Balaban J connectivity index is 1.52. The van der Waals surface area contributed by atoms with Gasteiger partial charge in [-0.2, -0.15) is 5.10 Å². The quantitative estimate of drug-likeness (QED) is 0.837. The predicted octanol–water partition coefficient (Wildman–Crippen LogP) is 1.12. The van der Waals surface area contributed by atoms with Crippen LogP contribution in [0, 0.1) is 5.92 Å². The Morgan fingerprint density at radius 3 is 3.05 bits per heavy atom. The van der Waals surface area contributed by atoms with Gasteiger partial charge < -0.3 is 15.0 Å². The Morgan fingerprint density at radius 1 is 1.53 bits per heavy atom. The molecule has 104 valence electrons. The third kappa shape index (κ3) is 3.26. The number of hydrogen-bond acceptors (Lipinski definition) is 3. The van der Waals surface area contributed by atoms with Crippen LogP contribution >= 0.6 is 0 Å². The molecule has 2 amide bonds. The number of nitrogens with one attached hydrogen (secondary N) is 2. The van der Waals surface area contributed by atoms with Crippen molar-refractivity contribution in [2.75, 3.05) is 19.8 Å². The Hall–Kier alpha value is -1.56. The maximum absolute atomic E-state index is 12.2. The van der Waals surface area contributed by atoms with Crippen LogP contribution in [0.25, 0.3) is 0 Å². The largest absolute Gasteiger partial charge is 0.381 e. The van der Waals surface area contributed by atoms with Gasteiger partial charge in [0, 0.05) is 31.3 Å². The fourth-order valence-corrected chi connectivity index (χ4v) is 2.45. The molecule has 2 heterocycles. The fraction of sp³-hybridized carbons (Fsp3) is 0.692. The maximum atomic E-state index is 12.2. The number of hydrogen-bond donors (Lipinski definition) is 2. The van der Waals surface area contributed by atoms with E-state index in [1.54, 1.807) is 6.20 Å². The summed E-state index contributed by atoms with van der Waals surface area (Å²) in [6, 6.07) is 2.33. The molecular weight excluding hydrogens is 244 g/mol. The summed E-state index contributed by atoms with van der Waals surface area (Å²) in [6.45, 7) is 2.94. The summed E-state index contributed by atoms with van der Waals surface area (Å²) in [5.41, 5.74) is 0.924. The van der Waals surface area contributed by atoms with Gasteiger partial charge in [0.05, 0.1) is 18.8 Å². The summed E-state index contributed by atoms with van der Waals surface area (Å²) in [4.78, 5) is 14.2. The summed E-state index contributed by atoms with van der Waals surface area (Å²) in [7, 11) is 0. The van der Waals surface area contributed by atoms with Gasteiger partial charge in [0.1, 0.15) is 0 Å². The van der Waals surface area contributed by atoms with Gasteiger partial charge in [0.25, 0.3) is 0 Å². The van der Waals surface area contributed by atoms with Crippen LogP contribution in [0.1, 0.15) is 25.0 Å². The number of urea groups is 1. The molecule has 2 N–H and O–H groups in total. The SMILES string of the molecule is O=C(NCc1ccn[nH]1)N(CC1CCOC1)C1CC1. The minimum Gasteiger partial charge on any atom is -0.381 e. The predicted molar refractivity (Wildman–Crippen MR) is 69.5 cm³/mol. The second kappa shape index (κ2) is 5.61. The average molecular weight is 264 g/mol. The molecule has 1 saturated heterocycles. The molecule has 0 bridgehead atoms. The lowest BCUT2D eigenvalue weighted by molar-refractivity contribution is 0.162. The standard InChI is InChI=1S/C13H20N4O2/c18-13(14-7-11-3-5-15-16-11)17(12-1-2-12)8-10-4-6-19-9-10/h3,5,10,12H,1-2,4,6-9H2,(H,14,18)(H,15,16). The van der Waals surface area contributed by atoms with Crippen molar-refractivity contribution in [3.63, 3.8) is 0 Å². The molecular formula is C13H20N4O2. The number of ether oxygens (including phenoxy) is 1. The van der Waals surface area contributed by atoms with E-state index in [4.69, 9.17) is 4.74 Å². The van der Waals surface area contributed by atoms with Crippen LogP contribution in [0.2, 0.25) is 0 Å². The lowest BCUT2D eigenvalue weighted by Gasteiger charge is -2.25. The summed E-state index contributed by atoms with van der Waals surface area (Å²) in [6.07, 6.45) is 5.02. The highest BCUT2D eigenvalue weighted by molar-refractivity contribution is 5.74. The molecule has 0 aromatic carbocycles. The first-order valence-electron chi connectivity index (χ1n) is 6.93. The normalized spacial score (nSPS) is 22.4. The molecule has 1 unspecified atom stereocenters. The number of rotatable bonds is 5. The van der Waals surface area contributed by atoms with Gasteiger partial charge in [0.2, 0.25) is 0 Å². The van der Waals surface area contributed by atoms with Gasteiger partial charge in [-0.3, -0.25) is 5.10 Å². The van der Waals surface area contributed by atoms with Crippen LogP contribution in [0.15, 0.2) is 12.3 Å². The maximum Gasteiger partial charge on any atom is 0.317 e. The lowest BCUT2D eigenvalue weighted by Crippen LogP contribution is -2.43. The molecule has 2 fully saturated rings. The van der Waals surface area contributed by atoms with Gasteiger partial charge in [-0.15, -0.1) is 0 Å². The molecule has 19 heavy (non-hydrogen) atoms. The molecule has 3 rings (SSSR count). The zero-order valence-electron chi connectivity index (χ0n) is 11.0. The first-order chi connectivity index (χ1) is 9.33. The Bertz CT molecular complexity index is 410. The highest BCUT2D eigenvalue weighted by atomic mass is 16.5. The summed E-state index contributed by atoms with van der Waals surface area (Å²) < 4.78 is 5.39. The van der Waals surface area contributed by atoms with E-state index >= 15 is 0 Å². The van der Waals surface area contributed by atoms with Crippen molar-refractivity contribution in [2.45, 2.75) is 31.8 Å². The van der Waals surface area contributed by atoms with Crippen LogP contribution in [0.3, 0.4) is 0 Å². The topological polar surface area (TPSA) is 70.2 Å². The number of carbonyl (C=O) groups excluding carboxylic acids is 1. The van der Waals surface area contributed by atoms with Crippen LogP contribution < -0.4 is 5.32 Å². The molecule has 0 radical (unpaired) electrons. The van der Waals surface area contributed by atoms with Crippen molar-refractivity contribution in [1.29, 1.82) is 0 Å². The zero-order valence-corrected chi connectivity index (χ0v) is 11.0. The van der Waals surface area contributed by atoms with Gasteiger partial charge in [0.15, 0.2) is 0 Å². The number of aromatic nitrogens is 2. The molecule has 1 atom stereocenters. The number of amides is 2. The highest BCUT2D eigenvalue weighted by Gasteiger charge is 2.34. The number of aromatic amines is 1. The van der Waals surface area contributed by atoms with Crippen LogP contribution in [-0.2, 0) is 11.3 Å². The van der Waals surface area contributed by atoms with Crippen molar-refractivity contribution in [3.05, 3.63) is 18.0 Å². The van der Waals surface area contributed by atoms with Gasteiger partial charge >= 0.3 is 6.03 Å². The van der Waals surface area contributed by atoms with Crippen molar-refractivity contribution >= 4 is 6.03 Å². The van der Waals surface area contributed by atoms with E-state index in [-0.39, 0.29) is 6.03 Å². The zero-order chi connectivity index (χ0) is 13.1. The number of nitrogens with zero attached hydrogens (tertiary/aromatic N) is 2. The van der Waals surface area contributed by atoms with Gasteiger partial charge in [-0.05, 0) is 25.3 Å². The summed E-state index contributed by atoms with van der Waals surface area (Å²) in [5, 5.41) is 9.67. The fourth-order valence-electron chi connectivity index (χ4n) is 2.45. The molecule has 1 aliphatic heterocycles. The monoisotopic (exact) mass is 264 g/mol. The van der Waals surface area contributed by atoms with Crippen LogP contribution in [0.4, 0.5) is 4.79 Å². The Labute approximate surface area is 112 Å². The molecule has 6 nitrogen and oxygen atoms in total. The van der Waals surface area contributed by atoms with Crippen molar-refractivity contribution in [2.24, 2.45) is 5.92 Å². The smallest absolute Gasteiger partial charge is 0.317 e. The molecule has 1 aromatic rings. The van der Waals surface area contributed by atoms with E-state index in [2.05, 4.69) is 15.5 Å². The minimum absolute atomic E-state index is 0.0315. The first-order valence-corrected chi connectivity index (χ1v) is 6.93. The molecule has 1 aliphatic carbocycles. The second-order valence-corrected chi connectivity index (χ2v) is 5.35. The van der Waals surface area contributed by atoms with Crippen LogP contribution in [0.5, 0.6) is 0 Å². The van der Waals surface area contributed by atoms with E-state index in [0.717, 1.165) is 44.7 Å². The van der Waals surface area contributed by atoms with Gasteiger partial charge in [-0.25, -0.2) is 4.79 Å². The second-order valence-electron chi connectivity index (χ2n) is 5.35. The van der Waals surface area contributed by atoms with E-state index in [1.807, 2.05) is 11.0 Å². The van der Waals surface area contributed by atoms with Crippen molar-refractivity contribution < 1.29 is 9.53 Å². The highest BCUT2D eigenvalue weighted by Crippen LogP contribution is 2.29. The number of H-pyrrole nitrogens is 1. The van der Waals surface area contributed by atoms with E-state index in [1.165, 1.54) is 0 Å². The van der Waals surface area contributed by atoms with Crippen molar-refractivity contribution in [3.8, 4) is 0 Å². The average Bonchev–Trinajstić information content (AvgIpc) is 2.94. The van der Waals surface area contributed by atoms with E-state index in [9.17, 15) is 4.79 Å². The molecule has 1 aromatic heterocycles. The lowest BCUT2D eigenvalue weighted by atomic mass is 10.1. The van der Waals surface area contributed by atoms with Gasteiger partial charge in [-0.1, -0.05) is 0 Å². The number of carbonyl (C=O) groups is 1. The molecule has 0 spiro atoms. The third-order valence-electron chi connectivity index (χ3n) is 3.72. The van der Waals surface area contributed by atoms with Crippen LogP contribution in [-0.4, -0.2) is 46.9 Å². The minimum atomic E-state index is 0.0315. The summed E-state index contributed by atoms with van der Waals surface area (Å²) >= 11 is 0. The third-order valence-corrected chi connectivity index (χ3v) is 3.72. The van der Waals surface area contributed by atoms with Crippen molar-refractivity contribution in [1.82, 2.24) is 20.4 Å². The molecule has 6 heteroatoms.